The fourth-order valence-electron chi connectivity index (χ4n) is 2.99. The third-order valence-corrected chi connectivity index (χ3v) is 4.35. The van der Waals surface area contributed by atoms with Crippen molar-refractivity contribution in [1.29, 1.82) is 0 Å². The Morgan fingerprint density at radius 1 is 1.16 bits per heavy atom. The van der Waals surface area contributed by atoms with Crippen LogP contribution in [0.3, 0.4) is 0 Å². The van der Waals surface area contributed by atoms with Crippen molar-refractivity contribution < 1.29 is 9.53 Å². The summed E-state index contributed by atoms with van der Waals surface area (Å²) in [6, 6.07) is 17.6. The maximum atomic E-state index is 12.5. The average Bonchev–Trinajstić information content (AvgIpc) is 3.06. The van der Waals surface area contributed by atoms with E-state index in [1.807, 2.05) is 68.7 Å². The summed E-state index contributed by atoms with van der Waals surface area (Å²) in [6.07, 6.45) is 0. The van der Waals surface area contributed by atoms with Crippen LogP contribution in [0.25, 0.3) is 10.9 Å². The van der Waals surface area contributed by atoms with Crippen LogP contribution in [0.1, 0.15) is 22.1 Å². The van der Waals surface area contributed by atoms with Crippen LogP contribution in [0.4, 0.5) is 0 Å². The number of ether oxygens (including phenoxy) is 1. The van der Waals surface area contributed by atoms with Gasteiger partial charge in [0.2, 0.25) is 0 Å². The van der Waals surface area contributed by atoms with Crippen molar-refractivity contribution in [1.82, 2.24) is 15.2 Å². The van der Waals surface area contributed by atoms with Crippen molar-refractivity contribution >= 4 is 16.8 Å². The maximum absolute atomic E-state index is 12.5. The molecule has 5 nitrogen and oxygen atoms in total. The van der Waals surface area contributed by atoms with E-state index in [-0.39, 0.29) is 11.9 Å². The van der Waals surface area contributed by atoms with Crippen LogP contribution in [0.5, 0.6) is 5.75 Å². The van der Waals surface area contributed by atoms with E-state index in [9.17, 15) is 4.79 Å². The van der Waals surface area contributed by atoms with Crippen molar-refractivity contribution in [2.75, 3.05) is 27.7 Å². The highest BCUT2D eigenvalue weighted by Crippen LogP contribution is 2.27. The zero-order valence-electron chi connectivity index (χ0n) is 14.7. The molecule has 2 N–H and O–H groups in total. The highest BCUT2D eigenvalue weighted by molar-refractivity contribution is 5.98. The van der Waals surface area contributed by atoms with Crippen molar-refractivity contribution in [3.63, 3.8) is 0 Å². The van der Waals surface area contributed by atoms with Gasteiger partial charge in [0.15, 0.2) is 0 Å². The minimum absolute atomic E-state index is 0.0180. The molecule has 130 valence electrons. The number of hydrogen-bond acceptors (Lipinski definition) is 3. The van der Waals surface area contributed by atoms with Gasteiger partial charge in [0.1, 0.15) is 11.4 Å². The van der Waals surface area contributed by atoms with E-state index in [2.05, 4.69) is 15.2 Å². The molecule has 0 aliphatic rings. The summed E-state index contributed by atoms with van der Waals surface area (Å²) < 4.78 is 5.46. The summed E-state index contributed by atoms with van der Waals surface area (Å²) in [5, 5.41) is 4.05. The highest BCUT2D eigenvalue weighted by Gasteiger charge is 2.19. The number of carbonyl (C=O) groups excluding carboxylic acids is 1. The molecule has 0 fully saturated rings. The number of benzene rings is 2. The Hall–Kier alpha value is -2.79. The molecule has 0 aliphatic carbocycles. The number of H-pyrrole nitrogens is 1. The Morgan fingerprint density at radius 3 is 2.60 bits per heavy atom. The lowest BCUT2D eigenvalue weighted by molar-refractivity contribution is 0.0937. The molecule has 3 rings (SSSR count). The summed E-state index contributed by atoms with van der Waals surface area (Å²) in [5.74, 6) is 0.707. The van der Waals surface area contributed by atoms with E-state index < -0.39 is 0 Å². The average molecular weight is 337 g/mol. The first kappa shape index (κ1) is 17.0. The van der Waals surface area contributed by atoms with Gasteiger partial charge in [0.05, 0.1) is 13.2 Å². The Kier molecular flexibility index (Phi) is 5.05. The second kappa shape index (κ2) is 7.40. The topological polar surface area (TPSA) is 57.4 Å². The van der Waals surface area contributed by atoms with E-state index >= 15 is 0 Å². The van der Waals surface area contributed by atoms with Gasteiger partial charge in [-0.3, -0.25) is 4.79 Å². The van der Waals surface area contributed by atoms with E-state index in [1.165, 1.54) is 0 Å². The summed E-state index contributed by atoms with van der Waals surface area (Å²) >= 11 is 0. The molecule has 25 heavy (non-hydrogen) atoms. The maximum Gasteiger partial charge on any atom is 0.267 e. The lowest BCUT2D eigenvalue weighted by Gasteiger charge is -2.26. The third-order valence-electron chi connectivity index (χ3n) is 4.35. The predicted molar refractivity (Wildman–Crippen MR) is 100 cm³/mol. The normalized spacial score (nSPS) is 12.3. The number of carbonyl (C=O) groups is 1. The van der Waals surface area contributed by atoms with Crippen LogP contribution < -0.4 is 10.1 Å². The number of fused-ring (bicyclic) bond motifs is 1. The molecule has 0 aliphatic heterocycles. The molecule has 1 amide bonds. The van der Waals surface area contributed by atoms with Crippen LogP contribution in [-0.2, 0) is 0 Å². The predicted octanol–water partition coefficient (Wildman–Crippen LogP) is 3.21. The Balaban J connectivity index is 1.76. The molecule has 5 heteroatoms. The van der Waals surface area contributed by atoms with Gasteiger partial charge in [-0.15, -0.1) is 0 Å². The molecule has 0 radical (unpaired) electrons. The van der Waals surface area contributed by atoms with Gasteiger partial charge in [0.25, 0.3) is 5.91 Å². The molecule has 0 saturated heterocycles. The number of para-hydroxylation sites is 2. The molecule has 2 aromatic carbocycles. The molecule has 1 unspecified atom stereocenters. The molecule has 1 heterocycles. The standard InChI is InChI=1S/C20H23N3O2/c1-23(2)18(15-9-5-7-11-19(15)25-3)13-21-20(24)17-12-14-8-4-6-10-16(14)22-17/h4-12,18,22H,13H2,1-3H3,(H,21,24). The smallest absolute Gasteiger partial charge is 0.267 e. The Bertz CT molecular complexity index is 837. The lowest BCUT2D eigenvalue weighted by Crippen LogP contribution is -2.34. The monoisotopic (exact) mass is 337 g/mol. The number of rotatable bonds is 6. The SMILES string of the molecule is COc1ccccc1C(CNC(=O)c1cc2ccccc2[nH]1)N(C)C. The summed E-state index contributed by atoms with van der Waals surface area (Å²) in [7, 11) is 5.65. The van der Waals surface area contributed by atoms with Crippen molar-refractivity contribution in [2.24, 2.45) is 0 Å². The van der Waals surface area contributed by atoms with Crippen molar-refractivity contribution in [3.05, 3.63) is 65.9 Å². The Morgan fingerprint density at radius 2 is 1.88 bits per heavy atom. The summed E-state index contributed by atoms with van der Waals surface area (Å²) in [4.78, 5) is 17.8. The molecule has 1 aromatic heterocycles. The Labute approximate surface area is 147 Å². The van der Waals surface area contributed by atoms with Gasteiger partial charge in [-0.05, 0) is 32.3 Å². The fourth-order valence-corrected chi connectivity index (χ4v) is 2.99. The zero-order chi connectivity index (χ0) is 17.8. The first-order valence-corrected chi connectivity index (χ1v) is 8.25. The van der Waals surface area contributed by atoms with Gasteiger partial charge in [-0.2, -0.15) is 0 Å². The number of aromatic nitrogens is 1. The molecule has 1 atom stereocenters. The van der Waals surface area contributed by atoms with Crippen molar-refractivity contribution in [2.45, 2.75) is 6.04 Å². The van der Waals surface area contributed by atoms with Crippen molar-refractivity contribution in [3.8, 4) is 5.75 Å². The van der Waals surface area contributed by atoms with E-state index in [1.54, 1.807) is 7.11 Å². The third kappa shape index (κ3) is 3.67. The first-order valence-electron chi connectivity index (χ1n) is 8.25. The van der Waals surface area contributed by atoms with Crippen LogP contribution in [0, 0.1) is 0 Å². The molecule has 0 spiro atoms. The summed E-state index contributed by atoms with van der Waals surface area (Å²) in [5.41, 5.74) is 2.58. The van der Waals surface area contributed by atoms with E-state index in [0.29, 0.717) is 12.2 Å². The molecule has 0 saturated carbocycles. The quantitative estimate of drug-likeness (QED) is 0.726. The van der Waals surface area contributed by atoms with Crippen LogP contribution >= 0.6 is 0 Å². The minimum atomic E-state index is -0.113. The van der Waals surface area contributed by atoms with Gasteiger partial charge in [-0.25, -0.2) is 0 Å². The van der Waals surface area contributed by atoms with Crippen LogP contribution in [-0.4, -0.2) is 43.5 Å². The van der Waals surface area contributed by atoms with Gasteiger partial charge < -0.3 is 19.9 Å². The number of hydrogen-bond donors (Lipinski definition) is 2. The second-order valence-corrected chi connectivity index (χ2v) is 6.20. The first-order chi connectivity index (χ1) is 12.1. The van der Waals surface area contributed by atoms with Gasteiger partial charge in [-0.1, -0.05) is 36.4 Å². The summed E-state index contributed by atoms with van der Waals surface area (Å²) in [6.45, 7) is 0.488. The molecular formula is C20H23N3O2. The van der Waals surface area contributed by atoms with E-state index in [0.717, 1.165) is 22.2 Å². The fraction of sp³-hybridized carbons (Fsp3) is 0.250. The van der Waals surface area contributed by atoms with E-state index in [4.69, 9.17) is 4.74 Å². The molecular weight excluding hydrogens is 314 g/mol. The lowest BCUT2D eigenvalue weighted by atomic mass is 10.0. The number of likely N-dealkylation sites (N-methyl/N-ethyl adjacent to an activating group) is 1. The highest BCUT2D eigenvalue weighted by atomic mass is 16.5. The number of amides is 1. The number of aromatic amines is 1. The van der Waals surface area contributed by atoms with Gasteiger partial charge >= 0.3 is 0 Å². The number of nitrogens with zero attached hydrogens (tertiary/aromatic N) is 1. The largest absolute Gasteiger partial charge is 0.496 e. The van der Waals surface area contributed by atoms with Crippen LogP contribution in [0.15, 0.2) is 54.6 Å². The minimum Gasteiger partial charge on any atom is -0.496 e. The van der Waals surface area contributed by atoms with Gasteiger partial charge in [0, 0.05) is 23.0 Å². The number of nitrogens with one attached hydrogen (secondary N) is 2. The second-order valence-electron chi connectivity index (χ2n) is 6.20. The number of methoxy groups -OCH3 is 1. The zero-order valence-corrected chi connectivity index (χ0v) is 14.7. The molecule has 0 bridgehead atoms. The molecule has 3 aromatic rings. The van der Waals surface area contributed by atoms with Crippen LogP contribution in [0.2, 0.25) is 0 Å².